The normalized spacial score (nSPS) is 30.2. The highest BCUT2D eigenvalue weighted by Gasteiger charge is 2.38. The smallest absolute Gasteiger partial charge is 0.0625 e. The zero-order valence-corrected chi connectivity index (χ0v) is 14.5. The lowest BCUT2D eigenvalue weighted by molar-refractivity contribution is -0.0609. The summed E-state index contributed by atoms with van der Waals surface area (Å²) < 4.78 is 1.15. The van der Waals surface area contributed by atoms with Crippen LogP contribution in [0.25, 0.3) is 0 Å². The first-order valence-electron chi connectivity index (χ1n) is 8.25. The minimum atomic E-state index is -0.352. The van der Waals surface area contributed by atoms with Crippen molar-refractivity contribution in [3.05, 3.63) is 28.7 Å². The van der Waals surface area contributed by atoms with E-state index in [2.05, 4.69) is 45.1 Å². The molecular formula is C18H26BrNO. The van der Waals surface area contributed by atoms with Crippen LogP contribution in [0, 0.1) is 11.8 Å². The molecule has 1 heterocycles. The largest absolute Gasteiger partial charge is 0.390 e. The number of rotatable bonds is 4. The van der Waals surface area contributed by atoms with Gasteiger partial charge in [-0.05, 0) is 75.1 Å². The molecule has 3 rings (SSSR count). The maximum absolute atomic E-state index is 9.79. The third-order valence-corrected chi connectivity index (χ3v) is 5.77. The fourth-order valence-electron chi connectivity index (χ4n) is 3.99. The molecule has 0 aromatic heterocycles. The lowest BCUT2D eigenvalue weighted by Gasteiger charge is -2.42. The van der Waals surface area contributed by atoms with Gasteiger partial charge >= 0.3 is 0 Å². The van der Waals surface area contributed by atoms with E-state index in [0.29, 0.717) is 0 Å². The number of nitrogens with zero attached hydrogens (tertiary/aromatic N) is 1. The van der Waals surface area contributed by atoms with Gasteiger partial charge in [-0.2, -0.15) is 0 Å². The standard InChI is InChI=1S/C18H26BrNO/c1-18(21)12-15(13-18)3-2-14-8-10-20(11-9-14)17-6-4-16(19)5-7-17/h4-7,14-15,21H,2-3,8-13H2,1H3. The SMILES string of the molecule is CC1(O)CC(CCC2CCN(c3ccc(Br)cc3)CC2)C1. The Morgan fingerprint density at radius 3 is 2.24 bits per heavy atom. The summed E-state index contributed by atoms with van der Waals surface area (Å²) in [6.07, 6.45) is 7.35. The monoisotopic (exact) mass is 351 g/mol. The summed E-state index contributed by atoms with van der Waals surface area (Å²) in [4.78, 5) is 2.51. The number of hydrogen-bond acceptors (Lipinski definition) is 2. The van der Waals surface area contributed by atoms with Crippen molar-refractivity contribution in [3.63, 3.8) is 0 Å². The van der Waals surface area contributed by atoms with E-state index in [1.54, 1.807) is 0 Å². The van der Waals surface area contributed by atoms with Crippen LogP contribution in [0.4, 0.5) is 5.69 Å². The average Bonchev–Trinajstić information content (AvgIpc) is 2.44. The third kappa shape index (κ3) is 4.01. The van der Waals surface area contributed by atoms with E-state index in [1.807, 2.05) is 6.92 Å². The van der Waals surface area contributed by atoms with Crippen LogP contribution < -0.4 is 4.90 Å². The van der Waals surface area contributed by atoms with Gasteiger partial charge in [0.05, 0.1) is 5.60 Å². The van der Waals surface area contributed by atoms with Crippen molar-refractivity contribution in [2.45, 2.75) is 51.0 Å². The van der Waals surface area contributed by atoms with Gasteiger partial charge in [-0.3, -0.25) is 0 Å². The van der Waals surface area contributed by atoms with Crippen molar-refractivity contribution in [2.75, 3.05) is 18.0 Å². The number of piperidine rings is 1. The average molecular weight is 352 g/mol. The van der Waals surface area contributed by atoms with Gasteiger partial charge in [0.2, 0.25) is 0 Å². The third-order valence-electron chi connectivity index (χ3n) is 5.25. The van der Waals surface area contributed by atoms with Crippen molar-refractivity contribution in [3.8, 4) is 0 Å². The predicted octanol–water partition coefficient (Wildman–Crippen LogP) is 4.61. The summed E-state index contributed by atoms with van der Waals surface area (Å²) in [7, 11) is 0. The van der Waals surface area contributed by atoms with Gasteiger partial charge in [0.15, 0.2) is 0 Å². The Balaban J connectivity index is 1.40. The molecule has 116 valence electrons. The first kappa shape index (κ1) is 15.4. The Kier molecular flexibility index (Phi) is 4.60. The number of halogens is 1. The molecule has 2 aliphatic rings. The Labute approximate surface area is 136 Å². The maximum atomic E-state index is 9.79. The molecule has 0 radical (unpaired) electrons. The second-order valence-corrected chi connectivity index (χ2v) is 8.17. The second kappa shape index (κ2) is 6.29. The molecule has 2 fully saturated rings. The predicted molar refractivity (Wildman–Crippen MR) is 91.7 cm³/mol. The topological polar surface area (TPSA) is 23.5 Å². The molecule has 0 bridgehead atoms. The summed E-state index contributed by atoms with van der Waals surface area (Å²) in [5, 5.41) is 9.79. The van der Waals surface area contributed by atoms with E-state index >= 15 is 0 Å². The Morgan fingerprint density at radius 2 is 1.67 bits per heavy atom. The van der Waals surface area contributed by atoms with Crippen molar-refractivity contribution in [1.82, 2.24) is 0 Å². The molecule has 1 aliphatic carbocycles. The highest BCUT2D eigenvalue weighted by atomic mass is 79.9. The van der Waals surface area contributed by atoms with Crippen LogP contribution in [0.5, 0.6) is 0 Å². The minimum Gasteiger partial charge on any atom is -0.390 e. The lowest BCUT2D eigenvalue weighted by Crippen LogP contribution is -2.41. The molecule has 2 nitrogen and oxygen atoms in total. The summed E-state index contributed by atoms with van der Waals surface area (Å²) in [6.45, 7) is 4.35. The van der Waals surface area contributed by atoms with Gasteiger partial charge in [-0.25, -0.2) is 0 Å². The van der Waals surface area contributed by atoms with E-state index in [9.17, 15) is 5.11 Å². The first-order chi connectivity index (χ1) is 10.0. The molecule has 1 aromatic rings. The first-order valence-corrected chi connectivity index (χ1v) is 9.04. The summed E-state index contributed by atoms with van der Waals surface area (Å²) >= 11 is 3.50. The fraction of sp³-hybridized carbons (Fsp3) is 0.667. The lowest BCUT2D eigenvalue weighted by atomic mass is 9.69. The van der Waals surface area contributed by atoms with Gasteiger partial charge in [0.25, 0.3) is 0 Å². The molecule has 0 spiro atoms. The zero-order valence-electron chi connectivity index (χ0n) is 12.9. The highest BCUT2D eigenvalue weighted by molar-refractivity contribution is 9.10. The summed E-state index contributed by atoms with van der Waals surface area (Å²) in [6, 6.07) is 8.68. The summed E-state index contributed by atoms with van der Waals surface area (Å²) in [5.74, 6) is 1.67. The van der Waals surface area contributed by atoms with Crippen LogP contribution >= 0.6 is 15.9 Å². The number of benzene rings is 1. The van der Waals surface area contributed by atoms with Gasteiger partial charge in [0, 0.05) is 23.2 Å². The molecular weight excluding hydrogens is 326 g/mol. The van der Waals surface area contributed by atoms with Gasteiger partial charge in [0.1, 0.15) is 0 Å². The van der Waals surface area contributed by atoms with E-state index in [1.165, 1.54) is 44.5 Å². The van der Waals surface area contributed by atoms with Crippen LogP contribution in [-0.4, -0.2) is 23.8 Å². The Hall–Kier alpha value is -0.540. The fourth-order valence-corrected chi connectivity index (χ4v) is 4.26. The van der Waals surface area contributed by atoms with Crippen LogP contribution in [0.1, 0.15) is 45.4 Å². The van der Waals surface area contributed by atoms with E-state index in [0.717, 1.165) is 29.2 Å². The molecule has 1 saturated carbocycles. The van der Waals surface area contributed by atoms with E-state index in [4.69, 9.17) is 0 Å². The molecule has 1 aromatic carbocycles. The van der Waals surface area contributed by atoms with Crippen LogP contribution in [0.2, 0.25) is 0 Å². The second-order valence-electron chi connectivity index (χ2n) is 7.26. The van der Waals surface area contributed by atoms with Crippen molar-refractivity contribution in [1.29, 1.82) is 0 Å². The molecule has 1 N–H and O–H groups in total. The quantitative estimate of drug-likeness (QED) is 0.856. The Bertz CT molecular complexity index is 455. The van der Waals surface area contributed by atoms with Gasteiger partial charge in [-0.15, -0.1) is 0 Å². The van der Waals surface area contributed by atoms with Gasteiger partial charge < -0.3 is 10.0 Å². The molecule has 0 unspecified atom stereocenters. The van der Waals surface area contributed by atoms with Gasteiger partial charge in [-0.1, -0.05) is 22.4 Å². The van der Waals surface area contributed by atoms with Crippen LogP contribution in [0.15, 0.2) is 28.7 Å². The molecule has 0 amide bonds. The number of hydrogen-bond donors (Lipinski definition) is 1. The molecule has 21 heavy (non-hydrogen) atoms. The number of anilines is 1. The van der Waals surface area contributed by atoms with Crippen molar-refractivity contribution >= 4 is 21.6 Å². The molecule has 1 saturated heterocycles. The number of aliphatic hydroxyl groups is 1. The van der Waals surface area contributed by atoms with E-state index < -0.39 is 0 Å². The maximum Gasteiger partial charge on any atom is 0.0625 e. The molecule has 3 heteroatoms. The minimum absolute atomic E-state index is 0.352. The van der Waals surface area contributed by atoms with Crippen LogP contribution in [-0.2, 0) is 0 Å². The molecule has 1 aliphatic heterocycles. The summed E-state index contributed by atoms with van der Waals surface area (Å²) in [5.41, 5.74) is 1.00. The Morgan fingerprint density at radius 1 is 1.10 bits per heavy atom. The van der Waals surface area contributed by atoms with Crippen molar-refractivity contribution in [2.24, 2.45) is 11.8 Å². The van der Waals surface area contributed by atoms with E-state index in [-0.39, 0.29) is 5.60 Å². The van der Waals surface area contributed by atoms with Crippen LogP contribution in [0.3, 0.4) is 0 Å². The molecule has 0 atom stereocenters. The highest BCUT2D eigenvalue weighted by Crippen LogP contribution is 2.41. The van der Waals surface area contributed by atoms with Crippen molar-refractivity contribution < 1.29 is 5.11 Å². The zero-order chi connectivity index (χ0) is 14.9.